The van der Waals surface area contributed by atoms with Crippen LogP contribution in [-0.4, -0.2) is 14.7 Å². The molecule has 7 nitrogen and oxygen atoms in total. The standard InChI is InChI=1S/C17H17N3O4/c1-17(2)8-10-6-5-7-12(13(10)24-17)23-15-11(9-18)14(21)19(3)16(22)20(15)4/h5-7H,8H2,1-4H3. The molecule has 0 radical (unpaired) electrons. The Morgan fingerprint density at radius 3 is 2.62 bits per heavy atom. The second-order valence-corrected chi connectivity index (χ2v) is 6.38. The van der Waals surface area contributed by atoms with Crippen molar-refractivity contribution in [1.29, 1.82) is 5.26 Å². The fourth-order valence-corrected chi connectivity index (χ4v) is 2.81. The van der Waals surface area contributed by atoms with Gasteiger partial charge in [-0.1, -0.05) is 12.1 Å². The van der Waals surface area contributed by atoms with Crippen molar-refractivity contribution < 1.29 is 9.47 Å². The van der Waals surface area contributed by atoms with Gasteiger partial charge in [-0.2, -0.15) is 5.26 Å². The molecule has 1 aliphatic heterocycles. The molecule has 0 spiro atoms. The summed E-state index contributed by atoms with van der Waals surface area (Å²) in [5, 5.41) is 9.30. The SMILES string of the molecule is Cn1c(Oc2cccc3c2OC(C)(C)C3)c(C#N)c(=O)n(C)c1=O. The van der Waals surface area contributed by atoms with Crippen molar-refractivity contribution in [2.45, 2.75) is 25.9 Å². The lowest BCUT2D eigenvalue weighted by Gasteiger charge is -2.19. The maximum atomic E-state index is 12.1. The Morgan fingerprint density at radius 2 is 1.96 bits per heavy atom. The van der Waals surface area contributed by atoms with Gasteiger partial charge in [-0.15, -0.1) is 0 Å². The third-order valence-electron chi connectivity index (χ3n) is 3.98. The molecule has 0 atom stereocenters. The molecule has 7 heteroatoms. The first-order chi connectivity index (χ1) is 11.2. The van der Waals surface area contributed by atoms with Crippen molar-refractivity contribution in [3.05, 3.63) is 50.2 Å². The first-order valence-electron chi connectivity index (χ1n) is 7.44. The fourth-order valence-electron chi connectivity index (χ4n) is 2.81. The number of aromatic nitrogens is 2. The minimum Gasteiger partial charge on any atom is -0.483 e. The number of hydrogen-bond acceptors (Lipinski definition) is 5. The molecule has 0 aliphatic carbocycles. The highest BCUT2D eigenvalue weighted by Gasteiger charge is 2.33. The summed E-state index contributed by atoms with van der Waals surface area (Å²) in [4.78, 5) is 24.2. The first-order valence-corrected chi connectivity index (χ1v) is 7.44. The second kappa shape index (κ2) is 5.27. The fraction of sp³-hybridized carbons (Fsp3) is 0.353. The summed E-state index contributed by atoms with van der Waals surface area (Å²) in [7, 11) is 2.77. The van der Waals surface area contributed by atoms with Crippen LogP contribution in [0.5, 0.6) is 17.4 Å². The molecular weight excluding hydrogens is 310 g/mol. The van der Waals surface area contributed by atoms with E-state index >= 15 is 0 Å². The number of fused-ring (bicyclic) bond motifs is 1. The van der Waals surface area contributed by atoms with Crippen LogP contribution in [-0.2, 0) is 20.5 Å². The van der Waals surface area contributed by atoms with Crippen molar-refractivity contribution in [1.82, 2.24) is 9.13 Å². The number of hydrogen-bond donors (Lipinski definition) is 0. The molecule has 1 aromatic carbocycles. The third kappa shape index (κ3) is 2.36. The van der Waals surface area contributed by atoms with Crippen LogP contribution in [0.25, 0.3) is 0 Å². The molecule has 0 saturated carbocycles. The zero-order chi connectivity index (χ0) is 17.6. The third-order valence-corrected chi connectivity index (χ3v) is 3.98. The molecule has 0 amide bonds. The molecule has 0 N–H and O–H groups in total. The van der Waals surface area contributed by atoms with E-state index in [1.54, 1.807) is 6.07 Å². The number of nitriles is 1. The van der Waals surface area contributed by atoms with Crippen molar-refractivity contribution in [2.75, 3.05) is 0 Å². The predicted molar refractivity (Wildman–Crippen MR) is 86.6 cm³/mol. The number of benzene rings is 1. The van der Waals surface area contributed by atoms with Crippen LogP contribution in [0, 0.1) is 11.3 Å². The summed E-state index contributed by atoms with van der Waals surface area (Å²) in [6, 6.07) is 7.25. The minimum absolute atomic E-state index is 0.0905. The molecule has 2 heterocycles. The van der Waals surface area contributed by atoms with E-state index in [2.05, 4.69) is 0 Å². The van der Waals surface area contributed by atoms with Crippen LogP contribution in [0.4, 0.5) is 0 Å². The molecule has 1 aromatic heterocycles. The molecule has 3 rings (SSSR count). The van der Waals surface area contributed by atoms with Gasteiger partial charge in [0.15, 0.2) is 17.1 Å². The number of nitrogens with zero attached hydrogens (tertiary/aromatic N) is 3. The van der Waals surface area contributed by atoms with Crippen molar-refractivity contribution in [3.63, 3.8) is 0 Å². The second-order valence-electron chi connectivity index (χ2n) is 6.38. The Labute approximate surface area is 138 Å². The Balaban J connectivity index is 2.16. The van der Waals surface area contributed by atoms with E-state index in [0.717, 1.165) is 21.1 Å². The zero-order valence-electron chi connectivity index (χ0n) is 13.9. The zero-order valence-corrected chi connectivity index (χ0v) is 13.9. The normalized spacial score (nSPS) is 14.6. The monoisotopic (exact) mass is 327 g/mol. The van der Waals surface area contributed by atoms with E-state index < -0.39 is 11.2 Å². The minimum atomic E-state index is -0.690. The van der Waals surface area contributed by atoms with Gasteiger partial charge < -0.3 is 9.47 Å². The Kier molecular flexibility index (Phi) is 3.48. The van der Waals surface area contributed by atoms with Crippen LogP contribution in [0.2, 0.25) is 0 Å². The van der Waals surface area contributed by atoms with Crippen molar-refractivity contribution in [2.24, 2.45) is 14.1 Å². The van der Waals surface area contributed by atoms with E-state index in [0.29, 0.717) is 11.5 Å². The lowest BCUT2D eigenvalue weighted by atomic mass is 10.0. The molecule has 0 bridgehead atoms. The average Bonchev–Trinajstić information content (AvgIpc) is 2.85. The Morgan fingerprint density at radius 1 is 1.25 bits per heavy atom. The maximum absolute atomic E-state index is 12.1. The smallest absolute Gasteiger partial charge is 0.333 e. The molecule has 124 valence electrons. The van der Waals surface area contributed by atoms with Crippen LogP contribution in [0.1, 0.15) is 25.0 Å². The summed E-state index contributed by atoms with van der Waals surface area (Å²) >= 11 is 0. The van der Waals surface area contributed by atoms with Gasteiger partial charge in [0.05, 0.1) is 0 Å². The van der Waals surface area contributed by atoms with Gasteiger partial charge in [0, 0.05) is 26.1 Å². The molecule has 1 aliphatic rings. The largest absolute Gasteiger partial charge is 0.483 e. The van der Waals surface area contributed by atoms with E-state index in [1.807, 2.05) is 32.0 Å². The highest BCUT2D eigenvalue weighted by atomic mass is 16.5. The molecule has 24 heavy (non-hydrogen) atoms. The first kappa shape index (κ1) is 15.9. The van der Waals surface area contributed by atoms with Gasteiger partial charge in [-0.05, 0) is 19.9 Å². The summed E-state index contributed by atoms with van der Waals surface area (Å²) in [6.45, 7) is 3.93. The van der Waals surface area contributed by atoms with Gasteiger partial charge in [0.1, 0.15) is 11.7 Å². The number of rotatable bonds is 2. The van der Waals surface area contributed by atoms with Crippen LogP contribution < -0.4 is 20.7 Å². The topological polar surface area (TPSA) is 86.2 Å². The van der Waals surface area contributed by atoms with Crippen LogP contribution >= 0.6 is 0 Å². The summed E-state index contributed by atoms with van der Waals surface area (Å²) < 4.78 is 13.7. The predicted octanol–water partition coefficient (Wildman–Crippen LogP) is 1.46. The maximum Gasteiger partial charge on any atom is 0.333 e. The summed E-state index contributed by atoms with van der Waals surface area (Å²) in [5.41, 5.74) is -0.870. The Bertz CT molecular complexity index is 993. The molecule has 2 aromatic rings. The quantitative estimate of drug-likeness (QED) is 0.833. The number of para-hydroxylation sites is 1. The highest BCUT2D eigenvalue weighted by Crippen LogP contribution is 2.43. The van der Waals surface area contributed by atoms with E-state index in [1.165, 1.54) is 14.1 Å². The van der Waals surface area contributed by atoms with Gasteiger partial charge in [0.25, 0.3) is 5.56 Å². The molecular formula is C17H17N3O4. The van der Waals surface area contributed by atoms with E-state index in [9.17, 15) is 14.9 Å². The van der Waals surface area contributed by atoms with Gasteiger partial charge in [-0.25, -0.2) is 4.79 Å². The lowest BCUT2D eigenvalue weighted by Crippen LogP contribution is -2.38. The van der Waals surface area contributed by atoms with Gasteiger partial charge >= 0.3 is 5.69 Å². The van der Waals surface area contributed by atoms with Crippen LogP contribution in [0.15, 0.2) is 27.8 Å². The summed E-state index contributed by atoms with van der Waals surface area (Å²) in [6.07, 6.45) is 0.722. The van der Waals surface area contributed by atoms with Crippen molar-refractivity contribution in [3.8, 4) is 23.4 Å². The van der Waals surface area contributed by atoms with Crippen LogP contribution in [0.3, 0.4) is 0 Å². The Hall–Kier alpha value is -3.01. The lowest BCUT2D eigenvalue weighted by molar-refractivity contribution is 0.134. The van der Waals surface area contributed by atoms with E-state index in [-0.39, 0.29) is 17.0 Å². The molecule has 0 saturated heterocycles. The van der Waals surface area contributed by atoms with Gasteiger partial charge in [-0.3, -0.25) is 13.9 Å². The average molecular weight is 327 g/mol. The number of ether oxygens (including phenoxy) is 2. The van der Waals surface area contributed by atoms with Gasteiger partial charge in [0.2, 0.25) is 5.88 Å². The van der Waals surface area contributed by atoms with Crippen molar-refractivity contribution >= 4 is 0 Å². The molecule has 0 unspecified atom stereocenters. The summed E-state index contributed by atoms with van der Waals surface area (Å²) in [5.74, 6) is 0.852. The highest BCUT2D eigenvalue weighted by molar-refractivity contribution is 5.52. The molecule has 0 fully saturated rings. The van der Waals surface area contributed by atoms with E-state index in [4.69, 9.17) is 9.47 Å².